The van der Waals surface area contributed by atoms with Gasteiger partial charge in [-0.15, -0.1) is 0 Å². The third kappa shape index (κ3) is 7.11. The van der Waals surface area contributed by atoms with Crippen molar-refractivity contribution in [3.63, 3.8) is 0 Å². The molecule has 0 saturated carbocycles. The van der Waals surface area contributed by atoms with E-state index < -0.39 is 5.60 Å². The minimum absolute atomic E-state index is 0.0878. The Kier molecular flexibility index (Phi) is 8.73. The van der Waals surface area contributed by atoms with Crippen molar-refractivity contribution in [1.82, 2.24) is 19.9 Å². The monoisotopic (exact) mass is 522 g/mol. The number of nitrogens with one attached hydrogen (secondary N) is 2. The predicted octanol–water partition coefficient (Wildman–Crippen LogP) is 4.97. The smallest absolute Gasteiger partial charge is 0.323 e. The Labute approximate surface area is 225 Å². The van der Waals surface area contributed by atoms with Gasteiger partial charge in [-0.25, -0.2) is 4.98 Å². The zero-order chi connectivity index (χ0) is 27.4. The van der Waals surface area contributed by atoms with Crippen molar-refractivity contribution >= 4 is 17.0 Å². The van der Waals surface area contributed by atoms with Gasteiger partial charge in [-0.05, 0) is 82.6 Å². The van der Waals surface area contributed by atoms with Crippen LogP contribution in [0.25, 0.3) is 22.4 Å². The Balaban J connectivity index is 1.62. The van der Waals surface area contributed by atoms with Crippen LogP contribution in [-0.4, -0.2) is 45.4 Å². The quantitative estimate of drug-likeness (QED) is 0.385. The number of ether oxygens (including phenoxy) is 2. The number of esters is 1. The van der Waals surface area contributed by atoms with E-state index in [1.54, 1.807) is 6.20 Å². The first-order valence-corrected chi connectivity index (χ1v) is 13.7. The van der Waals surface area contributed by atoms with Gasteiger partial charge < -0.3 is 24.3 Å². The second-order valence-corrected chi connectivity index (χ2v) is 11.9. The summed E-state index contributed by atoms with van der Waals surface area (Å²) in [6.45, 7) is 14.7. The molecule has 1 fully saturated rings. The molecule has 1 saturated heterocycles. The van der Waals surface area contributed by atoms with Crippen LogP contribution < -0.4 is 10.9 Å². The molecular formula is C30H42N4O4. The number of nitrogens with zero attached hydrogens (tertiary/aromatic N) is 2. The number of H-pyrrole nitrogens is 1. The minimum Gasteiger partial charge on any atom is -0.459 e. The number of carbonyl (C=O) groups excluding carboxylic acids is 1. The van der Waals surface area contributed by atoms with Crippen LogP contribution >= 0.6 is 0 Å². The van der Waals surface area contributed by atoms with Crippen LogP contribution in [0.1, 0.15) is 65.0 Å². The van der Waals surface area contributed by atoms with Crippen LogP contribution in [0.2, 0.25) is 0 Å². The first kappa shape index (κ1) is 28.0. The molecule has 2 aromatic heterocycles. The fourth-order valence-corrected chi connectivity index (χ4v) is 4.95. The van der Waals surface area contributed by atoms with E-state index in [0.717, 1.165) is 60.6 Å². The summed E-state index contributed by atoms with van der Waals surface area (Å²) in [5.74, 6) is 1.49. The second kappa shape index (κ2) is 11.8. The average molecular weight is 523 g/mol. The van der Waals surface area contributed by atoms with Crippen LogP contribution in [0.4, 0.5) is 0 Å². The molecule has 0 spiro atoms. The molecule has 3 heterocycles. The maximum Gasteiger partial charge on any atom is 0.323 e. The maximum absolute atomic E-state index is 12.8. The molecule has 0 amide bonds. The average Bonchev–Trinajstić information content (AvgIpc) is 3.20. The normalized spacial score (nSPS) is 15.8. The van der Waals surface area contributed by atoms with Crippen molar-refractivity contribution < 1.29 is 14.3 Å². The molecular weight excluding hydrogens is 480 g/mol. The molecule has 0 aliphatic carbocycles. The summed E-state index contributed by atoms with van der Waals surface area (Å²) in [6.07, 6.45) is 4.49. The van der Waals surface area contributed by atoms with Gasteiger partial charge in [-0.2, -0.15) is 0 Å². The van der Waals surface area contributed by atoms with E-state index in [-0.39, 0.29) is 17.6 Å². The lowest BCUT2D eigenvalue weighted by atomic mass is 10.00. The fourth-order valence-electron chi connectivity index (χ4n) is 4.95. The number of rotatable bonds is 9. The highest BCUT2D eigenvalue weighted by Crippen LogP contribution is 2.29. The number of aryl methyl sites for hydroxylation is 1. The summed E-state index contributed by atoms with van der Waals surface area (Å²) < 4.78 is 13.5. The lowest BCUT2D eigenvalue weighted by Crippen LogP contribution is -2.41. The molecule has 38 heavy (non-hydrogen) atoms. The first-order chi connectivity index (χ1) is 18.0. The maximum atomic E-state index is 12.8. The summed E-state index contributed by atoms with van der Waals surface area (Å²) in [6, 6.07) is 7.83. The SMILES string of the molecule is Cc1cc(-c2nc3cc(CN[C@@H](CC(C)C)C(=O)OC(C)(C)C)ccc3n2CC2CCOCC2)c[nH]c1=O. The van der Waals surface area contributed by atoms with E-state index in [4.69, 9.17) is 14.5 Å². The Hall–Kier alpha value is -2.97. The fraction of sp³-hybridized carbons (Fsp3) is 0.567. The highest BCUT2D eigenvalue weighted by atomic mass is 16.6. The van der Waals surface area contributed by atoms with E-state index in [2.05, 4.69) is 46.9 Å². The largest absolute Gasteiger partial charge is 0.459 e. The molecule has 4 rings (SSSR count). The molecule has 2 N–H and O–H groups in total. The number of carbonyl (C=O) groups is 1. The molecule has 1 aliphatic rings. The van der Waals surface area contributed by atoms with Crippen LogP contribution in [0.15, 0.2) is 35.3 Å². The van der Waals surface area contributed by atoms with E-state index >= 15 is 0 Å². The molecule has 0 unspecified atom stereocenters. The molecule has 1 aromatic carbocycles. The molecule has 0 radical (unpaired) electrons. The zero-order valence-electron chi connectivity index (χ0n) is 23.6. The van der Waals surface area contributed by atoms with Crippen molar-refractivity contribution in [3.05, 3.63) is 51.9 Å². The first-order valence-electron chi connectivity index (χ1n) is 13.7. The molecule has 206 valence electrons. The Morgan fingerprint density at radius 2 is 1.97 bits per heavy atom. The van der Waals surface area contributed by atoms with Crippen LogP contribution in [0.5, 0.6) is 0 Å². The number of fused-ring (bicyclic) bond motifs is 1. The Morgan fingerprint density at radius 3 is 2.63 bits per heavy atom. The number of pyridine rings is 1. The minimum atomic E-state index is -0.527. The van der Waals surface area contributed by atoms with Gasteiger partial charge >= 0.3 is 5.97 Å². The predicted molar refractivity (Wildman–Crippen MR) is 150 cm³/mol. The Bertz CT molecular complexity index is 1310. The van der Waals surface area contributed by atoms with Crippen LogP contribution in [0, 0.1) is 18.8 Å². The van der Waals surface area contributed by atoms with Gasteiger partial charge in [0, 0.05) is 43.6 Å². The number of imidazole rings is 1. The number of hydrogen-bond acceptors (Lipinski definition) is 6. The number of aromatic amines is 1. The van der Waals surface area contributed by atoms with E-state index in [1.165, 1.54) is 0 Å². The number of aromatic nitrogens is 3. The lowest BCUT2D eigenvalue weighted by Gasteiger charge is -2.25. The third-order valence-corrected chi connectivity index (χ3v) is 6.89. The highest BCUT2D eigenvalue weighted by Gasteiger charge is 2.26. The van der Waals surface area contributed by atoms with Crippen molar-refractivity contribution in [2.75, 3.05) is 13.2 Å². The van der Waals surface area contributed by atoms with Gasteiger partial charge in [0.15, 0.2) is 0 Å². The third-order valence-electron chi connectivity index (χ3n) is 6.89. The zero-order valence-corrected chi connectivity index (χ0v) is 23.6. The molecule has 8 heteroatoms. The van der Waals surface area contributed by atoms with Crippen molar-refractivity contribution in [3.8, 4) is 11.4 Å². The standard InChI is InChI=1S/C30H42N4O4/c1-19(2)13-25(29(36)38-30(4,5)6)31-16-22-7-8-26-24(15-22)33-27(23-14-20(3)28(35)32-17-23)34(26)18-21-9-11-37-12-10-21/h7-8,14-15,17,19,21,25,31H,9-13,16,18H2,1-6H3,(H,32,35)/t25-/m0/s1. The molecule has 3 aromatic rings. The summed E-state index contributed by atoms with van der Waals surface area (Å²) in [4.78, 5) is 32.7. The molecule has 1 aliphatic heterocycles. The molecule has 0 bridgehead atoms. The van der Waals surface area contributed by atoms with Crippen molar-refractivity contribution in [1.29, 1.82) is 0 Å². The summed E-state index contributed by atoms with van der Waals surface area (Å²) in [5, 5.41) is 3.42. The second-order valence-electron chi connectivity index (χ2n) is 11.9. The van der Waals surface area contributed by atoms with Gasteiger partial charge in [-0.3, -0.25) is 9.59 Å². The van der Waals surface area contributed by atoms with Crippen LogP contribution in [-0.2, 0) is 27.4 Å². The van der Waals surface area contributed by atoms with E-state index in [9.17, 15) is 9.59 Å². The Morgan fingerprint density at radius 1 is 1.24 bits per heavy atom. The summed E-state index contributed by atoms with van der Waals surface area (Å²) >= 11 is 0. The van der Waals surface area contributed by atoms with E-state index in [0.29, 0.717) is 30.4 Å². The topological polar surface area (TPSA) is 98.2 Å². The van der Waals surface area contributed by atoms with Gasteiger partial charge in [-0.1, -0.05) is 19.9 Å². The molecule has 8 nitrogen and oxygen atoms in total. The van der Waals surface area contributed by atoms with Crippen molar-refractivity contribution in [2.24, 2.45) is 11.8 Å². The highest BCUT2D eigenvalue weighted by molar-refractivity contribution is 5.81. The van der Waals surface area contributed by atoms with Gasteiger partial charge in [0.1, 0.15) is 17.5 Å². The van der Waals surface area contributed by atoms with Crippen LogP contribution in [0.3, 0.4) is 0 Å². The van der Waals surface area contributed by atoms with E-state index in [1.807, 2.05) is 33.8 Å². The lowest BCUT2D eigenvalue weighted by molar-refractivity contribution is -0.158. The van der Waals surface area contributed by atoms with Crippen molar-refractivity contribution in [2.45, 2.75) is 85.5 Å². The molecule has 1 atom stereocenters. The van der Waals surface area contributed by atoms with Gasteiger partial charge in [0.2, 0.25) is 0 Å². The summed E-state index contributed by atoms with van der Waals surface area (Å²) in [5.41, 5.74) is 3.95. The van der Waals surface area contributed by atoms with Gasteiger partial charge in [0.05, 0.1) is 11.0 Å². The number of hydrogen-bond donors (Lipinski definition) is 2. The number of benzene rings is 1. The summed E-state index contributed by atoms with van der Waals surface area (Å²) in [7, 11) is 0. The van der Waals surface area contributed by atoms with Gasteiger partial charge in [0.25, 0.3) is 5.56 Å².